The van der Waals surface area contributed by atoms with Gasteiger partial charge in [-0.05, 0) is 51.0 Å². The van der Waals surface area contributed by atoms with E-state index in [1.165, 1.54) is 70.6 Å². The van der Waals surface area contributed by atoms with E-state index in [9.17, 15) is 0 Å². The molecule has 0 amide bonds. The largest absolute Gasteiger partial charge is 0.329 e. The Labute approximate surface area is 126 Å². The lowest BCUT2D eigenvalue weighted by molar-refractivity contribution is 0.102. The summed E-state index contributed by atoms with van der Waals surface area (Å²) in [5, 5.41) is 0. The van der Waals surface area contributed by atoms with Gasteiger partial charge in [0, 0.05) is 18.6 Å². The van der Waals surface area contributed by atoms with Crippen LogP contribution < -0.4 is 5.73 Å². The molecule has 2 aliphatic carbocycles. The second-order valence-corrected chi connectivity index (χ2v) is 7.38. The zero-order valence-corrected chi connectivity index (χ0v) is 13.8. The van der Waals surface area contributed by atoms with Crippen LogP contribution in [-0.2, 0) is 0 Å². The van der Waals surface area contributed by atoms with E-state index in [2.05, 4.69) is 18.9 Å². The van der Waals surface area contributed by atoms with Gasteiger partial charge in [-0.15, -0.1) is 0 Å². The lowest BCUT2D eigenvalue weighted by atomic mass is 9.81. The van der Waals surface area contributed by atoms with Crippen LogP contribution in [0.5, 0.6) is 0 Å². The molecule has 0 bridgehead atoms. The highest BCUT2D eigenvalue weighted by Crippen LogP contribution is 2.32. The highest BCUT2D eigenvalue weighted by atomic mass is 15.2. The summed E-state index contributed by atoms with van der Waals surface area (Å²) in [5.74, 6) is 1.95. The van der Waals surface area contributed by atoms with Gasteiger partial charge in [0.05, 0.1) is 0 Å². The molecule has 2 rings (SSSR count). The lowest BCUT2D eigenvalue weighted by Crippen LogP contribution is -2.46. The van der Waals surface area contributed by atoms with Crippen LogP contribution in [0.25, 0.3) is 0 Å². The molecule has 0 aromatic rings. The van der Waals surface area contributed by atoms with Crippen LogP contribution in [0.15, 0.2) is 0 Å². The van der Waals surface area contributed by atoms with Gasteiger partial charge in [-0.1, -0.05) is 45.4 Å². The Morgan fingerprint density at radius 3 is 2.15 bits per heavy atom. The Hall–Kier alpha value is -0.0800. The molecule has 2 N–H and O–H groups in total. The van der Waals surface area contributed by atoms with Crippen molar-refractivity contribution in [3.63, 3.8) is 0 Å². The van der Waals surface area contributed by atoms with Gasteiger partial charge in [0.1, 0.15) is 0 Å². The van der Waals surface area contributed by atoms with Crippen LogP contribution in [0.2, 0.25) is 0 Å². The first kappa shape index (κ1) is 16.3. The minimum Gasteiger partial charge on any atom is -0.329 e. The average molecular weight is 280 g/mol. The summed E-state index contributed by atoms with van der Waals surface area (Å²) >= 11 is 0. The fourth-order valence-electron chi connectivity index (χ4n) is 4.49. The van der Waals surface area contributed by atoms with Gasteiger partial charge >= 0.3 is 0 Å². The van der Waals surface area contributed by atoms with E-state index >= 15 is 0 Å². The molecule has 20 heavy (non-hydrogen) atoms. The summed E-state index contributed by atoms with van der Waals surface area (Å²) in [6.07, 6.45) is 15.7. The van der Waals surface area contributed by atoms with E-state index in [1.54, 1.807) is 0 Å². The zero-order chi connectivity index (χ0) is 14.4. The molecule has 0 heterocycles. The van der Waals surface area contributed by atoms with Crippen LogP contribution in [0.3, 0.4) is 0 Å². The van der Waals surface area contributed by atoms with Crippen LogP contribution in [-0.4, -0.2) is 30.6 Å². The number of nitrogens with zero attached hydrogens (tertiary/aromatic N) is 1. The Morgan fingerprint density at radius 1 is 0.950 bits per heavy atom. The molecule has 118 valence electrons. The number of hydrogen-bond donors (Lipinski definition) is 1. The number of nitrogens with two attached hydrogens (primary N) is 1. The van der Waals surface area contributed by atoms with Crippen molar-refractivity contribution < 1.29 is 0 Å². The highest BCUT2D eigenvalue weighted by molar-refractivity contribution is 4.84. The lowest BCUT2D eigenvalue weighted by Gasteiger charge is -2.40. The summed E-state index contributed by atoms with van der Waals surface area (Å²) in [6.45, 7) is 3.20. The van der Waals surface area contributed by atoms with Crippen molar-refractivity contribution in [3.8, 4) is 0 Å². The number of likely N-dealkylation sites (N-methyl/N-ethyl adjacent to an activating group) is 1. The standard InChI is InChI=1S/C18H36N2/c1-3-15-9-11-17(12-10-15)20(2)18(14-19)13-16-7-5-4-6-8-16/h15-18H,3-14,19H2,1-2H3. The van der Waals surface area contributed by atoms with Crippen LogP contribution in [0.1, 0.15) is 77.6 Å². The molecule has 1 unspecified atom stereocenters. The molecular formula is C18H36N2. The van der Waals surface area contributed by atoms with Gasteiger partial charge in [-0.2, -0.15) is 0 Å². The fourth-order valence-corrected chi connectivity index (χ4v) is 4.49. The highest BCUT2D eigenvalue weighted by Gasteiger charge is 2.28. The Morgan fingerprint density at radius 2 is 1.60 bits per heavy atom. The van der Waals surface area contributed by atoms with E-state index in [4.69, 9.17) is 5.73 Å². The smallest absolute Gasteiger partial charge is 0.0220 e. The number of rotatable bonds is 6. The minimum absolute atomic E-state index is 0.626. The second kappa shape index (κ2) is 8.38. The molecular weight excluding hydrogens is 244 g/mol. The molecule has 2 nitrogen and oxygen atoms in total. The first-order valence-corrected chi connectivity index (χ1v) is 9.16. The fraction of sp³-hybridized carbons (Fsp3) is 1.00. The van der Waals surface area contributed by atoms with Gasteiger partial charge < -0.3 is 5.73 Å². The summed E-state index contributed by atoms with van der Waals surface area (Å²) in [6, 6.07) is 1.43. The predicted molar refractivity (Wildman–Crippen MR) is 87.8 cm³/mol. The van der Waals surface area contributed by atoms with E-state index < -0.39 is 0 Å². The van der Waals surface area contributed by atoms with Crippen molar-refractivity contribution in [1.29, 1.82) is 0 Å². The monoisotopic (exact) mass is 280 g/mol. The maximum Gasteiger partial charge on any atom is 0.0220 e. The van der Waals surface area contributed by atoms with E-state index in [0.717, 1.165) is 24.4 Å². The molecule has 0 spiro atoms. The van der Waals surface area contributed by atoms with Gasteiger partial charge in [-0.25, -0.2) is 0 Å². The summed E-state index contributed by atoms with van der Waals surface area (Å²) in [5.41, 5.74) is 6.11. The van der Waals surface area contributed by atoms with Gasteiger partial charge in [0.25, 0.3) is 0 Å². The molecule has 0 aliphatic heterocycles. The molecule has 0 radical (unpaired) electrons. The SMILES string of the molecule is CCC1CCC(N(C)C(CN)CC2CCCCC2)CC1. The van der Waals surface area contributed by atoms with E-state index in [0.29, 0.717) is 6.04 Å². The molecule has 2 saturated carbocycles. The molecule has 0 aromatic carbocycles. The summed E-state index contributed by atoms with van der Waals surface area (Å²) in [4.78, 5) is 2.65. The van der Waals surface area contributed by atoms with Crippen molar-refractivity contribution in [3.05, 3.63) is 0 Å². The van der Waals surface area contributed by atoms with Crippen LogP contribution >= 0.6 is 0 Å². The number of hydrogen-bond acceptors (Lipinski definition) is 2. The van der Waals surface area contributed by atoms with E-state index in [1.807, 2.05) is 0 Å². The maximum absolute atomic E-state index is 6.11. The molecule has 0 saturated heterocycles. The first-order valence-electron chi connectivity index (χ1n) is 9.16. The average Bonchev–Trinajstić information content (AvgIpc) is 2.53. The molecule has 2 aliphatic rings. The molecule has 2 heteroatoms. The van der Waals surface area contributed by atoms with Gasteiger partial charge in [0.15, 0.2) is 0 Å². The molecule has 1 atom stereocenters. The topological polar surface area (TPSA) is 29.3 Å². The van der Waals surface area contributed by atoms with Crippen molar-refractivity contribution in [2.24, 2.45) is 17.6 Å². The third kappa shape index (κ3) is 4.46. The van der Waals surface area contributed by atoms with Crippen molar-refractivity contribution in [1.82, 2.24) is 4.90 Å². The van der Waals surface area contributed by atoms with Crippen molar-refractivity contribution in [2.45, 2.75) is 89.6 Å². The quantitative estimate of drug-likeness (QED) is 0.790. The van der Waals surface area contributed by atoms with Gasteiger partial charge in [0.2, 0.25) is 0 Å². The normalized spacial score (nSPS) is 30.6. The van der Waals surface area contributed by atoms with Crippen molar-refractivity contribution >= 4 is 0 Å². The Balaban J connectivity index is 1.80. The maximum atomic E-state index is 6.11. The third-order valence-electron chi connectivity index (χ3n) is 6.15. The minimum atomic E-state index is 0.626. The molecule has 0 aromatic heterocycles. The Kier molecular flexibility index (Phi) is 6.83. The third-order valence-corrected chi connectivity index (χ3v) is 6.15. The van der Waals surface area contributed by atoms with Crippen LogP contribution in [0, 0.1) is 11.8 Å². The Bertz CT molecular complexity index is 252. The molecule has 2 fully saturated rings. The second-order valence-electron chi connectivity index (χ2n) is 7.38. The van der Waals surface area contributed by atoms with E-state index in [-0.39, 0.29) is 0 Å². The first-order chi connectivity index (χ1) is 9.74. The summed E-state index contributed by atoms with van der Waals surface area (Å²) < 4.78 is 0. The zero-order valence-electron chi connectivity index (χ0n) is 13.8. The summed E-state index contributed by atoms with van der Waals surface area (Å²) in [7, 11) is 2.34. The van der Waals surface area contributed by atoms with Crippen molar-refractivity contribution in [2.75, 3.05) is 13.6 Å². The van der Waals surface area contributed by atoms with Crippen LogP contribution in [0.4, 0.5) is 0 Å². The predicted octanol–water partition coefficient (Wildman–Crippen LogP) is 4.18. The van der Waals surface area contributed by atoms with Gasteiger partial charge in [-0.3, -0.25) is 4.90 Å².